The Kier molecular flexibility index (Phi) is 6.93. The molecule has 2 aromatic carbocycles. The molecule has 2 aliphatic heterocycles. The Balaban J connectivity index is 1.45. The molecular formula is C26H24F2N4O6S. The van der Waals surface area contributed by atoms with E-state index < -0.39 is 56.2 Å². The molecule has 1 N–H and O–H groups in total. The van der Waals surface area contributed by atoms with Crippen molar-refractivity contribution in [3.8, 4) is 5.75 Å². The Hall–Kier alpha value is -4.13. The number of carbonyl (C=O) groups is 2. The van der Waals surface area contributed by atoms with Crippen LogP contribution in [0.2, 0.25) is 0 Å². The number of fused-ring (bicyclic) bond motifs is 1. The highest BCUT2D eigenvalue weighted by molar-refractivity contribution is 7.91. The Labute approximate surface area is 222 Å². The van der Waals surface area contributed by atoms with Crippen molar-refractivity contribution in [2.45, 2.75) is 30.3 Å². The van der Waals surface area contributed by atoms with Crippen LogP contribution in [0.1, 0.15) is 45.6 Å². The summed E-state index contributed by atoms with van der Waals surface area (Å²) < 4.78 is 55.4. The summed E-state index contributed by atoms with van der Waals surface area (Å²) in [5.74, 6) is -4.99. The number of likely N-dealkylation sites (tertiary alicyclic amines) is 1. The first-order chi connectivity index (χ1) is 18.6. The minimum Gasteiger partial charge on any atom is -0.501 e. The molecule has 5 rings (SSSR count). The molecule has 10 nitrogen and oxygen atoms in total. The number of halogens is 2. The summed E-state index contributed by atoms with van der Waals surface area (Å²) in [6.45, 7) is 0.0632. The average molecular weight is 559 g/mol. The van der Waals surface area contributed by atoms with Gasteiger partial charge in [-0.25, -0.2) is 17.2 Å². The Morgan fingerprint density at radius 1 is 1.00 bits per heavy atom. The molecule has 0 aliphatic carbocycles. The minimum absolute atomic E-state index is 0.0142. The lowest BCUT2D eigenvalue weighted by molar-refractivity contribution is 0.0686. The molecule has 0 unspecified atom stereocenters. The van der Waals surface area contributed by atoms with Crippen molar-refractivity contribution in [3.63, 3.8) is 0 Å². The van der Waals surface area contributed by atoms with E-state index in [-0.39, 0.29) is 48.3 Å². The van der Waals surface area contributed by atoms with Gasteiger partial charge in [-0.15, -0.1) is 0 Å². The molecule has 3 heterocycles. The van der Waals surface area contributed by atoms with E-state index in [4.69, 9.17) is 0 Å². The molecule has 2 aliphatic rings. The monoisotopic (exact) mass is 558 g/mol. The second kappa shape index (κ2) is 10.2. The summed E-state index contributed by atoms with van der Waals surface area (Å²) in [6, 6.07) is 9.97. The summed E-state index contributed by atoms with van der Waals surface area (Å²) in [5, 5.41) is 10.5. The fourth-order valence-electron chi connectivity index (χ4n) is 5.04. The zero-order chi connectivity index (χ0) is 27.9. The number of hydrogen-bond donors (Lipinski definition) is 1. The van der Waals surface area contributed by atoms with Crippen LogP contribution in [0.15, 0.2) is 58.2 Å². The molecule has 1 aromatic heterocycles. The quantitative estimate of drug-likeness (QED) is 0.491. The van der Waals surface area contributed by atoms with Gasteiger partial charge >= 0.3 is 5.56 Å². The van der Waals surface area contributed by atoms with Gasteiger partial charge in [0.25, 0.3) is 11.8 Å². The maximum absolute atomic E-state index is 14.3. The third kappa shape index (κ3) is 4.78. The lowest BCUT2D eigenvalue weighted by Crippen LogP contribution is -2.46. The number of amides is 2. The summed E-state index contributed by atoms with van der Waals surface area (Å²) >= 11 is 0. The lowest BCUT2D eigenvalue weighted by Gasteiger charge is -2.33. The van der Waals surface area contributed by atoms with E-state index in [1.165, 1.54) is 26.5 Å². The van der Waals surface area contributed by atoms with Crippen LogP contribution in [0, 0.1) is 11.6 Å². The van der Waals surface area contributed by atoms with E-state index in [1.54, 1.807) is 18.2 Å². The molecule has 0 radical (unpaired) electrons. The third-order valence-corrected chi connectivity index (χ3v) is 8.70. The molecule has 1 saturated heterocycles. The predicted octanol–water partition coefficient (Wildman–Crippen LogP) is 2.13. The molecular weight excluding hydrogens is 534 g/mol. The third-order valence-electron chi connectivity index (χ3n) is 6.99. The van der Waals surface area contributed by atoms with Crippen molar-refractivity contribution in [3.05, 3.63) is 87.6 Å². The van der Waals surface area contributed by atoms with Gasteiger partial charge < -0.3 is 19.5 Å². The van der Waals surface area contributed by atoms with E-state index in [2.05, 4.69) is 4.98 Å². The van der Waals surface area contributed by atoms with Crippen LogP contribution in [0.5, 0.6) is 5.75 Å². The van der Waals surface area contributed by atoms with Crippen molar-refractivity contribution in [2.75, 3.05) is 25.4 Å². The molecule has 3 aromatic rings. The van der Waals surface area contributed by atoms with E-state index in [0.717, 1.165) is 18.2 Å². The maximum Gasteiger partial charge on any atom is 0.315 e. The van der Waals surface area contributed by atoms with Crippen molar-refractivity contribution in [1.29, 1.82) is 0 Å². The molecule has 1 fully saturated rings. The van der Waals surface area contributed by atoms with Gasteiger partial charge in [-0.3, -0.25) is 14.4 Å². The van der Waals surface area contributed by atoms with Gasteiger partial charge in [0.05, 0.1) is 16.7 Å². The van der Waals surface area contributed by atoms with Crippen LogP contribution in [-0.4, -0.2) is 70.1 Å². The van der Waals surface area contributed by atoms with Crippen molar-refractivity contribution < 1.29 is 31.9 Å². The van der Waals surface area contributed by atoms with Gasteiger partial charge in [-0.2, -0.15) is 4.98 Å². The van der Waals surface area contributed by atoms with Gasteiger partial charge in [-0.1, -0.05) is 24.3 Å². The largest absolute Gasteiger partial charge is 0.501 e. The van der Waals surface area contributed by atoms with Crippen LogP contribution in [0.3, 0.4) is 0 Å². The van der Waals surface area contributed by atoms with E-state index in [0.29, 0.717) is 12.8 Å². The molecule has 1 atom stereocenters. The van der Waals surface area contributed by atoms with E-state index in [1.807, 2.05) is 0 Å². The van der Waals surface area contributed by atoms with Crippen LogP contribution in [0.4, 0.5) is 8.78 Å². The number of sulfone groups is 1. The molecule has 0 saturated carbocycles. The number of aromatic hydroxyl groups is 1. The number of carbonyl (C=O) groups excluding carboxylic acids is 2. The minimum atomic E-state index is -3.69. The van der Waals surface area contributed by atoms with Gasteiger partial charge in [-0.05, 0) is 37.1 Å². The van der Waals surface area contributed by atoms with Crippen molar-refractivity contribution >= 4 is 21.7 Å². The molecule has 39 heavy (non-hydrogen) atoms. The zero-order valence-corrected chi connectivity index (χ0v) is 21.4. The van der Waals surface area contributed by atoms with Gasteiger partial charge in [0.2, 0.25) is 5.75 Å². The van der Waals surface area contributed by atoms with Crippen LogP contribution >= 0.6 is 0 Å². The SMILES string of the molecule is O=C1c2c(O)c(=O)nc([C@@H]3CCCN3C(=O)c3c(F)cccc3F)n2CCN1CCS(=O)(=O)c1ccccc1. The topological polar surface area (TPSA) is 130 Å². The fourth-order valence-corrected chi connectivity index (χ4v) is 6.31. The standard InChI is InChI=1S/C26H24F2N4O6S/c27-17-8-4-9-18(28)20(17)25(35)31-11-5-10-19(31)23-29-24(34)22(33)21-26(36)30(12-13-32(21)23)14-15-39(37,38)16-6-2-1-3-7-16/h1-4,6-9,19,33H,5,10-15H2/t19-/m0/s1. The maximum atomic E-state index is 14.3. The highest BCUT2D eigenvalue weighted by Gasteiger charge is 2.39. The van der Waals surface area contributed by atoms with Crippen molar-refractivity contribution in [2.24, 2.45) is 0 Å². The second-order valence-corrected chi connectivity index (χ2v) is 11.4. The summed E-state index contributed by atoms with van der Waals surface area (Å²) in [5.41, 5.74) is -2.20. The van der Waals surface area contributed by atoms with Gasteiger partial charge in [0.15, 0.2) is 15.5 Å². The smallest absolute Gasteiger partial charge is 0.315 e. The molecule has 13 heteroatoms. The molecule has 0 spiro atoms. The fraction of sp³-hybridized carbons (Fsp3) is 0.308. The molecule has 2 amide bonds. The number of rotatable bonds is 6. The van der Waals surface area contributed by atoms with Crippen LogP contribution in [-0.2, 0) is 16.4 Å². The highest BCUT2D eigenvalue weighted by atomic mass is 32.2. The first kappa shape index (κ1) is 26.5. The van der Waals surface area contributed by atoms with Crippen LogP contribution < -0.4 is 5.56 Å². The first-order valence-corrected chi connectivity index (χ1v) is 13.9. The summed E-state index contributed by atoms with van der Waals surface area (Å²) in [7, 11) is -3.69. The number of hydrogen-bond acceptors (Lipinski definition) is 7. The number of benzene rings is 2. The lowest BCUT2D eigenvalue weighted by atomic mass is 10.1. The van der Waals surface area contributed by atoms with Gasteiger partial charge in [0.1, 0.15) is 23.0 Å². The van der Waals surface area contributed by atoms with Crippen molar-refractivity contribution in [1.82, 2.24) is 19.4 Å². The Morgan fingerprint density at radius 3 is 2.38 bits per heavy atom. The Morgan fingerprint density at radius 2 is 1.69 bits per heavy atom. The summed E-state index contributed by atoms with van der Waals surface area (Å²) in [4.78, 5) is 45.6. The Bertz CT molecular complexity index is 1610. The number of aromatic nitrogens is 2. The molecule has 204 valence electrons. The van der Waals surface area contributed by atoms with Crippen LogP contribution in [0.25, 0.3) is 0 Å². The van der Waals surface area contributed by atoms with E-state index >= 15 is 0 Å². The normalized spacial score (nSPS) is 17.4. The highest BCUT2D eigenvalue weighted by Crippen LogP contribution is 2.35. The average Bonchev–Trinajstić information content (AvgIpc) is 3.40. The summed E-state index contributed by atoms with van der Waals surface area (Å²) in [6.07, 6.45) is 0.766. The zero-order valence-electron chi connectivity index (χ0n) is 20.6. The van der Waals surface area contributed by atoms with Gasteiger partial charge in [0, 0.05) is 26.2 Å². The predicted molar refractivity (Wildman–Crippen MR) is 134 cm³/mol. The van der Waals surface area contributed by atoms with E-state index in [9.17, 15) is 36.7 Å². The molecule has 0 bridgehead atoms. The first-order valence-electron chi connectivity index (χ1n) is 12.3. The second-order valence-electron chi connectivity index (χ2n) is 9.30. The number of nitrogens with zero attached hydrogens (tertiary/aromatic N) is 4.